The molecule has 0 aliphatic carbocycles. The van der Waals surface area contributed by atoms with Crippen LogP contribution in [0.25, 0.3) is 0 Å². The molecule has 3 aromatic carbocycles. The number of ketones is 1. The summed E-state index contributed by atoms with van der Waals surface area (Å²) in [5.41, 5.74) is 2.11. The van der Waals surface area contributed by atoms with Crippen molar-refractivity contribution in [2.75, 3.05) is 12.4 Å². The van der Waals surface area contributed by atoms with Crippen molar-refractivity contribution in [2.45, 2.75) is 0 Å². The first-order chi connectivity index (χ1) is 12.6. The largest absolute Gasteiger partial charge is 0.497 e. The number of benzene rings is 3. The molecule has 0 saturated carbocycles. The second-order valence-electron chi connectivity index (χ2n) is 5.58. The van der Waals surface area contributed by atoms with Crippen LogP contribution in [-0.2, 0) is 0 Å². The maximum Gasteiger partial charge on any atom is 0.256 e. The molecule has 0 atom stereocenters. The van der Waals surface area contributed by atoms with Gasteiger partial charge in [-0.1, -0.05) is 42.5 Å². The van der Waals surface area contributed by atoms with Crippen molar-refractivity contribution in [3.05, 3.63) is 94.0 Å². The Balaban J connectivity index is 1.83. The van der Waals surface area contributed by atoms with Gasteiger partial charge >= 0.3 is 0 Å². The normalized spacial score (nSPS) is 10.2. The lowest BCUT2D eigenvalue weighted by atomic mass is 10.0. The van der Waals surface area contributed by atoms with E-state index in [2.05, 4.69) is 21.2 Å². The predicted octanol–water partition coefficient (Wildman–Crippen LogP) is 4.94. The molecule has 0 unspecified atom stereocenters. The number of nitrogens with one attached hydrogen (secondary N) is 1. The van der Waals surface area contributed by atoms with E-state index in [0.29, 0.717) is 32.6 Å². The number of hydrogen-bond donors (Lipinski definition) is 1. The Labute approximate surface area is 159 Å². The van der Waals surface area contributed by atoms with Gasteiger partial charge in [0, 0.05) is 21.3 Å². The molecule has 0 radical (unpaired) electrons. The van der Waals surface area contributed by atoms with Crippen molar-refractivity contribution in [2.24, 2.45) is 0 Å². The molecular weight excluding hydrogens is 394 g/mol. The van der Waals surface area contributed by atoms with Gasteiger partial charge in [0.2, 0.25) is 0 Å². The summed E-state index contributed by atoms with van der Waals surface area (Å²) in [7, 11) is 1.55. The van der Waals surface area contributed by atoms with Crippen molar-refractivity contribution in [1.29, 1.82) is 0 Å². The third kappa shape index (κ3) is 4.00. The van der Waals surface area contributed by atoms with Gasteiger partial charge in [-0.3, -0.25) is 9.59 Å². The molecule has 130 valence electrons. The highest BCUT2D eigenvalue weighted by atomic mass is 79.9. The standard InChI is InChI=1S/C21H16BrNO3/c1-26-17-10-11-19(22)18(13-17)21(25)23-16-9-5-8-15(12-16)20(24)14-6-3-2-4-7-14/h2-13H,1H3,(H,23,25). The van der Waals surface area contributed by atoms with Crippen molar-refractivity contribution in [1.82, 2.24) is 0 Å². The van der Waals surface area contributed by atoms with E-state index in [1.54, 1.807) is 61.7 Å². The molecule has 5 heteroatoms. The molecule has 26 heavy (non-hydrogen) atoms. The quantitative estimate of drug-likeness (QED) is 0.607. The molecule has 0 aliphatic heterocycles. The first kappa shape index (κ1) is 17.9. The van der Waals surface area contributed by atoms with Gasteiger partial charge in [-0.15, -0.1) is 0 Å². The van der Waals surface area contributed by atoms with Gasteiger partial charge in [-0.25, -0.2) is 0 Å². The minimum absolute atomic E-state index is 0.0933. The highest BCUT2D eigenvalue weighted by Gasteiger charge is 2.13. The van der Waals surface area contributed by atoms with Crippen molar-refractivity contribution >= 4 is 33.3 Å². The number of amides is 1. The third-order valence-corrected chi connectivity index (χ3v) is 4.53. The average Bonchev–Trinajstić information content (AvgIpc) is 2.68. The van der Waals surface area contributed by atoms with Crippen LogP contribution in [0.5, 0.6) is 5.75 Å². The molecule has 0 spiro atoms. The van der Waals surface area contributed by atoms with Crippen LogP contribution in [-0.4, -0.2) is 18.8 Å². The van der Waals surface area contributed by atoms with Crippen LogP contribution in [0.15, 0.2) is 77.3 Å². The van der Waals surface area contributed by atoms with Crippen molar-refractivity contribution in [3.63, 3.8) is 0 Å². The molecule has 0 bridgehead atoms. The van der Waals surface area contributed by atoms with Gasteiger partial charge < -0.3 is 10.1 Å². The molecule has 3 rings (SSSR count). The maximum atomic E-state index is 12.6. The Hall–Kier alpha value is -2.92. The zero-order valence-corrected chi connectivity index (χ0v) is 15.6. The lowest BCUT2D eigenvalue weighted by Gasteiger charge is -2.10. The summed E-state index contributed by atoms with van der Waals surface area (Å²) in [6, 6.07) is 21.1. The number of carbonyl (C=O) groups excluding carboxylic acids is 2. The van der Waals surface area contributed by atoms with Crippen LogP contribution < -0.4 is 10.1 Å². The fraction of sp³-hybridized carbons (Fsp3) is 0.0476. The van der Waals surface area contributed by atoms with Crippen LogP contribution in [0.1, 0.15) is 26.3 Å². The lowest BCUT2D eigenvalue weighted by molar-refractivity contribution is 0.102. The second-order valence-corrected chi connectivity index (χ2v) is 6.43. The Kier molecular flexibility index (Phi) is 5.49. The monoisotopic (exact) mass is 409 g/mol. The molecule has 3 aromatic rings. The molecule has 0 heterocycles. The average molecular weight is 410 g/mol. The van der Waals surface area contributed by atoms with Gasteiger partial charge in [-0.2, -0.15) is 0 Å². The van der Waals surface area contributed by atoms with E-state index >= 15 is 0 Å². The highest BCUT2D eigenvalue weighted by molar-refractivity contribution is 9.10. The van der Waals surface area contributed by atoms with E-state index in [0.717, 1.165) is 0 Å². The Morgan fingerprint density at radius 3 is 2.35 bits per heavy atom. The van der Waals surface area contributed by atoms with Crippen LogP contribution in [0.4, 0.5) is 5.69 Å². The van der Waals surface area contributed by atoms with Gasteiger partial charge in [0.15, 0.2) is 5.78 Å². The fourth-order valence-corrected chi connectivity index (χ4v) is 2.92. The number of ether oxygens (including phenoxy) is 1. The number of hydrogen-bond acceptors (Lipinski definition) is 3. The van der Waals surface area contributed by atoms with E-state index < -0.39 is 0 Å². The minimum atomic E-state index is -0.292. The van der Waals surface area contributed by atoms with Crippen molar-refractivity contribution < 1.29 is 14.3 Å². The van der Waals surface area contributed by atoms with E-state index in [1.165, 1.54) is 0 Å². The van der Waals surface area contributed by atoms with E-state index in [4.69, 9.17) is 4.74 Å². The van der Waals surface area contributed by atoms with Crippen LogP contribution in [0.3, 0.4) is 0 Å². The summed E-state index contributed by atoms with van der Waals surface area (Å²) in [6.07, 6.45) is 0. The number of methoxy groups -OCH3 is 1. The number of anilines is 1. The zero-order chi connectivity index (χ0) is 18.5. The van der Waals surface area contributed by atoms with Gasteiger partial charge in [0.1, 0.15) is 5.75 Å². The number of carbonyl (C=O) groups is 2. The van der Waals surface area contributed by atoms with E-state index in [1.807, 2.05) is 18.2 Å². The topological polar surface area (TPSA) is 55.4 Å². The van der Waals surface area contributed by atoms with Gasteiger partial charge in [0.05, 0.1) is 12.7 Å². The SMILES string of the molecule is COc1ccc(Br)c(C(=O)Nc2cccc(C(=O)c3ccccc3)c2)c1. The summed E-state index contributed by atoms with van der Waals surface area (Å²) >= 11 is 3.37. The molecule has 0 aromatic heterocycles. The first-order valence-electron chi connectivity index (χ1n) is 7.93. The minimum Gasteiger partial charge on any atom is -0.497 e. The Morgan fingerprint density at radius 2 is 1.62 bits per heavy atom. The summed E-state index contributed by atoms with van der Waals surface area (Å²) in [6.45, 7) is 0. The van der Waals surface area contributed by atoms with Gasteiger partial charge in [-0.05, 0) is 46.3 Å². The van der Waals surface area contributed by atoms with Gasteiger partial charge in [0.25, 0.3) is 5.91 Å². The molecule has 4 nitrogen and oxygen atoms in total. The fourth-order valence-electron chi connectivity index (χ4n) is 2.50. The second kappa shape index (κ2) is 7.97. The number of rotatable bonds is 5. The van der Waals surface area contributed by atoms with Crippen LogP contribution in [0.2, 0.25) is 0 Å². The maximum absolute atomic E-state index is 12.6. The molecule has 1 amide bonds. The highest BCUT2D eigenvalue weighted by Crippen LogP contribution is 2.24. The lowest BCUT2D eigenvalue weighted by Crippen LogP contribution is -2.13. The third-order valence-electron chi connectivity index (χ3n) is 3.84. The molecule has 1 N–H and O–H groups in total. The molecular formula is C21H16BrNO3. The predicted molar refractivity (Wildman–Crippen MR) is 105 cm³/mol. The summed E-state index contributed by atoms with van der Waals surface area (Å²) < 4.78 is 5.82. The van der Waals surface area contributed by atoms with Crippen LogP contribution >= 0.6 is 15.9 Å². The molecule has 0 aliphatic rings. The zero-order valence-electron chi connectivity index (χ0n) is 14.0. The molecule has 0 saturated heterocycles. The van der Waals surface area contributed by atoms with E-state index in [9.17, 15) is 9.59 Å². The Morgan fingerprint density at radius 1 is 0.885 bits per heavy atom. The van der Waals surface area contributed by atoms with Crippen molar-refractivity contribution in [3.8, 4) is 5.75 Å². The summed E-state index contributed by atoms with van der Waals surface area (Å²) in [5, 5.41) is 2.82. The molecule has 0 fully saturated rings. The first-order valence-corrected chi connectivity index (χ1v) is 8.72. The van der Waals surface area contributed by atoms with Crippen LogP contribution in [0, 0.1) is 0 Å². The smallest absolute Gasteiger partial charge is 0.256 e. The Bertz CT molecular complexity index is 954. The summed E-state index contributed by atoms with van der Waals surface area (Å²) in [4.78, 5) is 25.1. The van der Waals surface area contributed by atoms with E-state index in [-0.39, 0.29) is 11.7 Å². The number of halogens is 1. The summed E-state index contributed by atoms with van der Waals surface area (Å²) in [5.74, 6) is 0.204.